The number of carbonyl (C=O) groups is 2. The summed E-state index contributed by atoms with van der Waals surface area (Å²) in [4.78, 5) is 22.1. The van der Waals surface area contributed by atoms with Gasteiger partial charge >= 0.3 is 24.3 Å². The molecule has 0 aliphatic carbocycles. The summed E-state index contributed by atoms with van der Waals surface area (Å²) in [6, 6.07) is 5.40. The van der Waals surface area contributed by atoms with Crippen molar-refractivity contribution in [2.24, 2.45) is 0 Å². The fourth-order valence-electron chi connectivity index (χ4n) is 2.70. The maximum atomic E-state index is 12.9. The maximum Gasteiger partial charge on any atom is 0.393 e. The van der Waals surface area contributed by atoms with Gasteiger partial charge in [-0.3, -0.25) is 0 Å². The molecule has 0 fully saturated rings. The van der Waals surface area contributed by atoms with Crippen molar-refractivity contribution in [1.82, 2.24) is 0 Å². The number of aromatic carboxylic acids is 2. The number of carboxylic acid groups (broad SMARTS) is 2. The molecule has 0 saturated heterocycles. The molecule has 2 rings (SSSR count). The van der Waals surface area contributed by atoms with Crippen LogP contribution in [0.2, 0.25) is 0 Å². The van der Waals surface area contributed by atoms with E-state index >= 15 is 0 Å². The first-order valence-corrected chi connectivity index (χ1v) is 7.63. The Morgan fingerprint density at radius 3 is 1.24 bits per heavy atom. The van der Waals surface area contributed by atoms with Crippen molar-refractivity contribution in [3.05, 3.63) is 58.7 Å². The van der Waals surface area contributed by atoms with Crippen LogP contribution in [-0.4, -0.2) is 34.5 Å². The van der Waals surface area contributed by atoms with Crippen LogP contribution in [0.1, 0.15) is 31.8 Å². The molecule has 0 heterocycles. The molecule has 4 nitrogen and oxygen atoms in total. The van der Waals surface area contributed by atoms with Crippen LogP contribution in [0.25, 0.3) is 11.1 Å². The van der Waals surface area contributed by atoms with E-state index in [4.69, 9.17) is 10.2 Å². The summed E-state index contributed by atoms with van der Waals surface area (Å²) in [7, 11) is 0. The number of carboxylic acids is 2. The Bertz CT molecular complexity index is 846. The highest BCUT2D eigenvalue weighted by Crippen LogP contribution is 2.35. The molecule has 2 N–H and O–H groups in total. The molecule has 0 aliphatic heterocycles. The van der Waals surface area contributed by atoms with E-state index < -0.39 is 59.4 Å². The lowest BCUT2D eigenvalue weighted by molar-refractivity contribution is -0.128. The van der Waals surface area contributed by atoms with Crippen LogP contribution in [0.15, 0.2) is 36.4 Å². The SMILES string of the molecule is Cl.O=C(O)c1ccc(-c2ccc(C(=O)O)cc2CC(F)(F)F)c(CC(F)(F)F)c1. The van der Waals surface area contributed by atoms with Gasteiger partial charge in [-0.15, -0.1) is 12.4 Å². The third kappa shape index (κ3) is 6.67. The van der Waals surface area contributed by atoms with Crippen molar-refractivity contribution < 1.29 is 46.1 Å². The molecule has 0 unspecified atom stereocenters. The van der Waals surface area contributed by atoms with Gasteiger partial charge in [0.05, 0.1) is 24.0 Å². The van der Waals surface area contributed by atoms with Crippen LogP contribution >= 0.6 is 12.4 Å². The highest BCUT2D eigenvalue weighted by molar-refractivity contribution is 5.91. The van der Waals surface area contributed by atoms with Gasteiger partial charge in [0.15, 0.2) is 0 Å². The van der Waals surface area contributed by atoms with Crippen molar-refractivity contribution in [3.63, 3.8) is 0 Å². The molecular formula is C18H13ClF6O4. The van der Waals surface area contributed by atoms with Crippen LogP contribution in [0.3, 0.4) is 0 Å². The summed E-state index contributed by atoms with van der Waals surface area (Å²) in [5.41, 5.74) is -2.47. The molecule has 0 aliphatic rings. The Balaban J connectivity index is 0.00000420. The summed E-state index contributed by atoms with van der Waals surface area (Å²) >= 11 is 0. The second-order valence-corrected chi connectivity index (χ2v) is 5.94. The smallest absolute Gasteiger partial charge is 0.393 e. The van der Waals surface area contributed by atoms with Crippen LogP contribution in [0, 0.1) is 0 Å². The minimum atomic E-state index is -4.74. The predicted octanol–water partition coefficient (Wildman–Crippen LogP) is 5.38. The Morgan fingerprint density at radius 2 is 1.00 bits per heavy atom. The number of rotatable bonds is 5. The summed E-state index contributed by atoms with van der Waals surface area (Å²) in [5.74, 6) is -2.99. The Hall–Kier alpha value is -2.75. The number of hydrogen-bond acceptors (Lipinski definition) is 2. The minimum absolute atomic E-state index is 0. The van der Waals surface area contributed by atoms with Gasteiger partial charge in [-0.25, -0.2) is 9.59 Å². The lowest BCUT2D eigenvalue weighted by atomic mass is 9.90. The molecule has 158 valence electrons. The molecule has 2 aromatic rings. The highest BCUT2D eigenvalue weighted by Gasteiger charge is 2.32. The van der Waals surface area contributed by atoms with Crippen LogP contribution in [0.4, 0.5) is 26.3 Å². The van der Waals surface area contributed by atoms with E-state index in [0.717, 1.165) is 36.4 Å². The van der Waals surface area contributed by atoms with E-state index in [2.05, 4.69) is 0 Å². The Kier molecular flexibility index (Phi) is 7.31. The first kappa shape index (κ1) is 24.3. The molecule has 29 heavy (non-hydrogen) atoms. The summed E-state index contributed by atoms with van der Waals surface area (Å²) in [6.45, 7) is 0. The van der Waals surface area contributed by atoms with Gasteiger partial charge < -0.3 is 10.2 Å². The quantitative estimate of drug-likeness (QED) is 0.610. The molecule has 0 radical (unpaired) electrons. The fraction of sp³-hybridized carbons (Fsp3) is 0.222. The van der Waals surface area contributed by atoms with E-state index in [9.17, 15) is 35.9 Å². The molecule has 0 saturated carbocycles. The second-order valence-electron chi connectivity index (χ2n) is 5.94. The largest absolute Gasteiger partial charge is 0.478 e. The third-order valence-corrected chi connectivity index (χ3v) is 3.78. The zero-order valence-corrected chi connectivity index (χ0v) is 15.1. The monoisotopic (exact) mass is 442 g/mol. The van der Waals surface area contributed by atoms with Gasteiger partial charge in [-0.2, -0.15) is 26.3 Å². The molecule has 2 aromatic carbocycles. The van der Waals surface area contributed by atoms with Crippen molar-refractivity contribution in [1.29, 1.82) is 0 Å². The number of halogens is 7. The van der Waals surface area contributed by atoms with Crippen LogP contribution in [0.5, 0.6) is 0 Å². The van der Waals surface area contributed by atoms with E-state index in [1.54, 1.807) is 0 Å². The zero-order chi connectivity index (χ0) is 21.3. The number of benzene rings is 2. The van der Waals surface area contributed by atoms with Crippen LogP contribution in [-0.2, 0) is 12.8 Å². The predicted molar refractivity (Wildman–Crippen MR) is 92.6 cm³/mol. The van der Waals surface area contributed by atoms with Crippen molar-refractivity contribution in [2.75, 3.05) is 0 Å². The lowest BCUT2D eigenvalue weighted by Gasteiger charge is -2.17. The lowest BCUT2D eigenvalue weighted by Crippen LogP contribution is -2.15. The van der Waals surface area contributed by atoms with E-state index in [1.807, 2.05) is 0 Å². The summed E-state index contributed by atoms with van der Waals surface area (Å²) in [6.07, 6.45) is -12.6. The van der Waals surface area contributed by atoms with E-state index in [-0.39, 0.29) is 23.5 Å². The normalized spacial score (nSPS) is 11.7. The maximum absolute atomic E-state index is 12.9. The van der Waals surface area contributed by atoms with Crippen molar-refractivity contribution >= 4 is 24.3 Å². The van der Waals surface area contributed by atoms with Gasteiger partial charge in [0, 0.05) is 0 Å². The molecular weight excluding hydrogens is 430 g/mol. The first-order valence-electron chi connectivity index (χ1n) is 7.63. The highest BCUT2D eigenvalue weighted by atomic mass is 35.5. The van der Waals surface area contributed by atoms with Gasteiger partial charge in [0.25, 0.3) is 0 Å². The standard InChI is InChI=1S/C18H12F6O4.ClH/c19-17(20,21)7-11-5-9(15(25)26)1-3-13(11)14-4-2-10(16(27)28)6-12(14)8-18(22,23)24;/h1-6H,7-8H2,(H,25,26)(H,27,28);1H. The van der Waals surface area contributed by atoms with Crippen molar-refractivity contribution in [3.8, 4) is 11.1 Å². The number of alkyl halides is 6. The second kappa shape index (κ2) is 8.73. The third-order valence-electron chi connectivity index (χ3n) is 3.78. The van der Waals surface area contributed by atoms with Gasteiger partial charge in [0.2, 0.25) is 0 Å². The summed E-state index contributed by atoms with van der Waals surface area (Å²) in [5, 5.41) is 18.0. The van der Waals surface area contributed by atoms with Gasteiger partial charge in [-0.1, -0.05) is 12.1 Å². The zero-order valence-electron chi connectivity index (χ0n) is 14.3. The average molecular weight is 443 g/mol. The van der Waals surface area contributed by atoms with E-state index in [1.165, 1.54) is 0 Å². The minimum Gasteiger partial charge on any atom is -0.478 e. The number of hydrogen-bond donors (Lipinski definition) is 2. The Labute approximate surface area is 166 Å². The van der Waals surface area contributed by atoms with Crippen molar-refractivity contribution in [2.45, 2.75) is 25.2 Å². The summed E-state index contributed by atoms with van der Waals surface area (Å²) < 4.78 is 77.4. The molecule has 0 bridgehead atoms. The Morgan fingerprint density at radius 1 is 0.690 bits per heavy atom. The fourth-order valence-corrected chi connectivity index (χ4v) is 2.70. The molecule has 0 atom stereocenters. The topological polar surface area (TPSA) is 74.6 Å². The molecule has 0 aromatic heterocycles. The molecule has 0 amide bonds. The van der Waals surface area contributed by atoms with E-state index in [0.29, 0.717) is 0 Å². The first-order chi connectivity index (χ1) is 12.8. The van der Waals surface area contributed by atoms with Gasteiger partial charge in [-0.05, 0) is 46.5 Å². The average Bonchev–Trinajstić information content (AvgIpc) is 2.52. The van der Waals surface area contributed by atoms with Crippen LogP contribution < -0.4 is 0 Å². The van der Waals surface area contributed by atoms with Gasteiger partial charge in [0.1, 0.15) is 0 Å². The molecule has 11 heteroatoms. The molecule has 0 spiro atoms.